The molecule has 4 amide bonds. The molecule has 0 bridgehead atoms. The van der Waals surface area contributed by atoms with Crippen LogP contribution in [-0.2, 0) is 50.8 Å². The van der Waals surface area contributed by atoms with Gasteiger partial charge in [-0.15, -0.1) is 0 Å². The van der Waals surface area contributed by atoms with Crippen molar-refractivity contribution >= 4 is 46.6 Å². The van der Waals surface area contributed by atoms with Crippen LogP contribution in [0.4, 0.5) is 5.69 Å². The molecular weight excluding hydrogens is 420 g/mol. The fourth-order valence-corrected chi connectivity index (χ4v) is 3.25. The smallest absolute Gasteiger partial charge is 0.330 e. The van der Waals surface area contributed by atoms with E-state index in [1.54, 1.807) is 24.3 Å². The second-order valence-electron chi connectivity index (χ2n) is 6.36. The third kappa shape index (κ3) is 4.84. The van der Waals surface area contributed by atoms with Crippen LogP contribution >= 0.6 is 0 Å². The van der Waals surface area contributed by atoms with Gasteiger partial charge in [0.15, 0.2) is 6.10 Å². The number of carbonyl (C=O) groups excluding carboxylic acids is 5. The Morgan fingerprint density at radius 2 is 1.73 bits per heavy atom. The largest absolute Gasteiger partial charge is 0.333 e. The Labute approximate surface area is 172 Å². The van der Waals surface area contributed by atoms with Crippen molar-refractivity contribution in [2.24, 2.45) is 0 Å². The molecule has 12 heteroatoms. The zero-order chi connectivity index (χ0) is 21.8. The van der Waals surface area contributed by atoms with Gasteiger partial charge in [-0.1, -0.05) is 17.2 Å². The van der Waals surface area contributed by atoms with Gasteiger partial charge >= 0.3 is 17.3 Å². The third-order valence-corrected chi connectivity index (χ3v) is 4.70. The summed E-state index contributed by atoms with van der Waals surface area (Å²) in [5.74, 6) is -3.52. The van der Waals surface area contributed by atoms with Gasteiger partial charge < -0.3 is 4.84 Å². The van der Waals surface area contributed by atoms with Crippen molar-refractivity contribution in [3.8, 4) is 0 Å². The van der Waals surface area contributed by atoms with Crippen LogP contribution in [0.2, 0.25) is 0 Å². The van der Waals surface area contributed by atoms with Gasteiger partial charge in [-0.25, -0.2) is 9.69 Å². The van der Waals surface area contributed by atoms with Gasteiger partial charge in [0.25, 0.3) is 23.6 Å². The Kier molecular flexibility index (Phi) is 6.50. The average molecular weight is 436 g/mol. The van der Waals surface area contributed by atoms with Crippen LogP contribution < -0.4 is 4.90 Å². The maximum Gasteiger partial charge on any atom is 0.333 e. The summed E-state index contributed by atoms with van der Waals surface area (Å²) in [6.07, 6.45) is 1.13. The molecular formula is C18H16N2O9S. The lowest BCUT2D eigenvalue weighted by Gasteiger charge is -2.14. The minimum absolute atomic E-state index is 0.0940. The van der Waals surface area contributed by atoms with E-state index in [-0.39, 0.29) is 11.5 Å². The van der Waals surface area contributed by atoms with Gasteiger partial charge in [-0.3, -0.25) is 27.9 Å². The van der Waals surface area contributed by atoms with Gasteiger partial charge in [0.1, 0.15) is 0 Å². The van der Waals surface area contributed by atoms with E-state index >= 15 is 0 Å². The van der Waals surface area contributed by atoms with Crippen LogP contribution in [0.5, 0.6) is 0 Å². The molecule has 2 unspecified atom stereocenters. The molecule has 1 aromatic rings. The van der Waals surface area contributed by atoms with Gasteiger partial charge in [0.2, 0.25) is 0 Å². The maximum absolute atomic E-state index is 11.9. The number of carbonyl (C=O) groups is 5. The summed E-state index contributed by atoms with van der Waals surface area (Å²) >= 11 is -2.74. The molecule has 0 saturated carbocycles. The third-order valence-electron chi connectivity index (χ3n) is 4.30. The fraction of sp³-hybridized carbons (Fsp3) is 0.278. The molecule has 0 radical (unpaired) electrons. The summed E-state index contributed by atoms with van der Waals surface area (Å²) in [7, 11) is 0. The lowest BCUT2D eigenvalue weighted by atomic mass is 10.1. The van der Waals surface area contributed by atoms with Crippen LogP contribution in [0.3, 0.4) is 0 Å². The first-order valence-corrected chi connectivity index (χ1v) is 9.80. The highest BCUT2D eigenvalue weighted by Crippen LogP contribution is 2.21. The summed E-state index contributed by atoms with van der Waals surface area (Å²) in [6.45, 7) is 0. The lowest BCUT2D eigenvalue weighted by Crippen LogP contribution is -2.35. The van der Waals surface area contributed by atoms with Crippen molar-refractivity contribution in [2.75, 3.05) is 4.90 Å². The van der Waals surface area contributed by atoms with Crippen molar-refractivity contribution in [1.82, 2.24) is 5.06 Å². The van der Waals surface area contributed by atoms with Crippen molar-refractivity contribution in [1.29, 1.82) is 0 Å². The number of hydroxylamine groups is 2. The minimum Gasteiger partial charge on any atom is -0.330 e. The molecule has 2 heterocycles. The number of rotatable bonds is 8. The van der Waals surface area contributed by atoms with Gasteiger partial charge in [-0.05, 0) is 30.5 Å². The molecule has 1 saturated heterocycles. The molecule has 1 N–H and O–H groups in total. The van der Waals surface area contributed by atoms with Crippen molar-refractivity contribution < 1.29 is 41.8 Å². The molecule has 3 rings (SSSR count). The van der Waals surface area contributed by atoms with E-state index in [0.717, 1.165) is 10.5 Å². The van der Waals surface area contributed by atoms with Crippen LogP contribution in [0.25, 0.3) is 0 Å². The molecule has 1 aromatic carbocycles. The normalized spacial score (nSPS) is 19.7. The fourth-order valence-electron chi connectivity index (χ4n) is 2.90. The molecule has 0 spiro atoms. The van der Waals surface area contributed by atoms with E-state index in [0.29, 0.717) is 18.5 Å². The second kappa shape index (κ2) is 9.07. The number of hydrogen-bond donors (Lipinski definition) is 1. The summed E-state index contributed by atoms with van der Waals surface area (Å²) in [4.78, 5) is 64.6. The number of aryl methyl sites for hydroxylation is 1. The van der Waals surface area contributed by atoms with Crippen LogP contribution in [0, 0.1) is 0 Å². The molecule has 0 aromatic heterocycles. The van der Waals surface area contributed by atoms with Crippen LogP contribution in [0.15, 0.2) is 36.4 Å². The van der Waals surface area contributed by atoms with Gasteiger partial charge in [0.05, 0.1) is 12.1 Å². The van der Waals surface area contributed by atoms with E-state index in [4.69, 9.17) is 9.39 Å². The molecule has 1 fully saturated rings. The van der Waals surface area contributed by atoms with Gasteiger partial charge in [0, 0.05) is 18.6 Å². The average Bonchev–Trinajstić information content (AvgIpc) is 3.15. The first-order valence-electron chi connectivity index (χ1n) is 8.77. The van der Waals surface area contributed by atoms with E-state index in [9.17, 15) is 28.2 Å². The predicted octanol–water partition coefficient (Wildman–Crippen LogP) is 0.178. The zero-order valence-corrected chi connectivity index (χ0v) is 16.2. The monoisotopic (exact) mass is 436 g/mol. The maximum atomic E-state index is 11.9. The predicted molar refractivity (Wildman–Crippen MR) is 99.2 cm³/mol. The highest BCUT2D eigenvalue weighted by atomic mass is 32.2. The number of hydrogen-bond acceptors (Lipinski definition) is 8. The molecule has 2 aliphatic rings. The number of imide groups is 2. The van der Waals surface area contributed by atoms with Crippen molar-refractivity contribution in [3.63, 3.8) is 0 Å². The Hall–Kier alpha value is -3.22. The number of nitrogens with zero attached hydrogens (tertiary/aromatic N) is 2. The Bertz CT molecular complexity index is 939. The second-order valence-corrected chi connectivity index (χ2v) is 6.99. The standard InChI is InChI=1S/C18H16N2O9S/c21-14-8-9-15(22)19(14)12-6-4-11(5-7-12)2-1-3-17(24)28-20-16(23)10-13(18(20)25)29-30(26)27/h4-9,13H,1-3,10H2,(H,26,27). The molecule has 30 heavy (non-hydrogen) atoms. The molecule has 2 atom stereocenters. The minimum atomic E-state index is -2.74. The van der Waals surface area contributed by atoms with Crippen molar-refractivity contribution in [3.05, 3.63) is 42.0 Å². The van der Waals surface area contributed by atoms with E-state index < -0.39 is 53.5 Å². The molecule has 158 valence electrons. The van der Waals surface area contributed by atoms with E-state index in [1.165, 1.54) is 12.2 Å². The summed E-state index contributed by atoms with van der Waals surface area (Å²) in [5, 5.41) is 0.243. The lowest BCUT2D eigenvalue weighted by molar-refractivity contribution is -0.198. The topological polar surface area (TPSA) is 148 Å². The molecule has 2 aliphatic heterocycles. The highest BCUT2D eigenvalue weighted by molar-refractivity contribution is 7.74. The first-order chi connectivity index (χ1) is 14.3. The number of anilines is 1. The highest BCUT2D eigenvalue weighted by Gasteiger charge is 2.43. The summed E-state index contributed by atoms with van der Waals surface area (Å²) < 4.78 is 23.6. The Balaban J connectivity index is 1.46. The van der Waals surface area contributed by atoms with Crippen molar-refractivity contribution in [2.45, 2.75) is 31.8 Å². The summed E-state index contributed by atoms with van der Waals surface area (Å²) in [6, 6.07) is 6.65. The zero-order valence-electron chi connectivity index (χ0n) is 15.4. The molecule has 0 aliphatic carbocycles. The molecule has 11 nitrogen and oxygen atoms in total. The van der Waals surface area contributed by atoms with Crippen LogP contribution in [0.1, 0.15) is 24.8 Å². The Morgan fingerprint density at radius 1 is 1.10 bits per heavy atom. The first kappa shape index (κ1) is 21.5. The Morgan fingerprint density at radius 3 is 2.33 bits per heavy atom. The van der Waals surface area contributed by atoms with E-state index in [1.807, 2.05) is 0 Å². The van der Waals surface area contributed by atoms with E-state index in [2.05, 4.69) is 4.18 Å². The SMILES string of the molecule is O=C(CCCc1ccc(N2C(=O)C=CC2=O)cc1)ON1C(=O)CC(OS(=O)O)C1=O. The summed E-state index contributed by atoms with van der Waals surface area (Å²) in [5.41, 5.74) is 1.27. The van der Waals surface area contributed by atoms with Gasteiger partial charge in [-0.2, -0.15) is 4.21 Å². The number of amides is 4. The van der Waals surface area contributed by atoms with Crippen LogP contribution in [-0.4, -0.2) is 49.5 Å². The number of benzene rings is 1. The quantitative estimate of drug-likeness (QED) is 0.445.